The Morgan fingerprint density at radius 2 is 2.18 bits per heavy atom. The van der Waals surface area contributed by atoms with Gasteiger partial charge in [-0.2, -0.15) is 5.10 Å². The third-order valence-corrected chi connectivity index (χ3v) is 4.72. The second-order valence-electron chi connectivity index (χ2n) is 4.47. The van der Waals surface area contributed by atoms with E-state index in [1.165, 1.54) is 18.0 Å². The van der Waals surface area contributed by atoms with Gasteiger partial charge >= 0.3 is 0 Å². The summed E-state index contributed by atoms with van der Waals surface area (Å²) in [7, 11) is 0. The number of hydrogen-bond donors (Lipinski definition) is 1. The van der Waals surface area contributed by atoms with Crippen molar-refractivity contribution in [1.82, 2.24) is 5.43 Å². The van der Waals surface area contributed by atoms with E-state index in [0.29, 0.717) is 16.5 Å². The number of benzene rings is 1. The van der Waals surface area contributed by atoms with Crippen molar-refractivity contribution in [1.29, 1.82) is 0 Å². The van der Waals surface area contributed by atoms with Crippen LogP contribution in [0.4, 0.5) is 0 Å². The van der Waals surface area contributed by atoms with Crippen molar-refractivity contribution in [2.75, 3.05) is 5.75 Å². The molecule has 0 bridgehead atoms. The van der Waals surface area contributed by atoms with Crippen molar-refractivity contribution < 1.29 is 9.21 Å². The number of hydrazone groups is 1. The van der Waals surface area contributed by atoms with Gasteiger partial charge in [-0.05, 0) is 40.5 Å². The van der Waals surface area contributed by atoms with Gasteiger partial charge in [-0.15, -0.1) is 11.8 Å². The Hall–Kier alpha value is -1.24. The fourth-order valence-corrected chi connectivity index (χ4v) is 2.80. The number of thioether (sulfide) groups is 1. The molecule has 0 unspecified atom stereocenters. The summed E-state index contributed by atoms with van der Waals surface area (Å²) in [5.41, 5.74) is 3.59. The molecule has 0 aliphatic carbocycles. The molecule has 4 nitrogen and oxygen atoms in total. The van der Waals surface area contributed by atoms with Gasteiger partial charge in [0.25, 0.3) is 0 Å². The number of aryl methyl sites for hydroxylation is 1. The molecule has 1 aromatic carbocycles. The van der Waals surface area contributed by atoms with Crippen molar-refractivity contribution in [3.8, 4) is 0 Å². The highest BCUT2D eigenvalue weighted by atomic mass is 79.9. The zero-order chi connectivity index (χ0) is 15.9. The third-order valence-electron chi connectivity index (χ3n) is 2.67. The molecule has 1 amide bonds. The van der Waals surface area contributed by atoms with Gasteiger partial charge in [0, 0.05) is 16.8 Å². The van der Waals surface area contributed by atoms with Crippen LogP contribution in [-0.2, 0) is 10.5 Å². The standard InChI is InChI=1S/C15H14BrClN2O2S/c1-10-14(16)6-13(21-10)7-18-19-15(20)9-22-8-11-2-4-12(17)5-3-11/h2-7H,8-9H2,1H3,(H,19,20)/b18-7-. The average Bonchev–Trinajstić information content (AvgIpc) is 2.80. The van der Waals surface area contributed by atoms with Gasteiger partial charge < -0.3 is 4.42 Å². The molecule has 0 saturated carbocycles. The largest absolute Gasteiger partial charge is 0.459 e. The van der Waals surface area contributed by atoms with Crippen molar-refractivity contribution in [3.05, 3.63) is 56.9 Å². The molecule has 2 aromatic rings. The summed E-state index contributed by atoms with van der Waals surface area (Å²) in [5.74, 6) is 2.28. The van der Waals surface area contributed by atoms with Gasteiger partial charge in [0.2, 0.25) is 5.91 Å². The minimum atomic E-state index is -0.155. The first kappa shape index (κ1) is 17.1. The molecule has 2 rings (SSSR count). The Morgan fingerprint density at radius 3 is 2.82 bits per heavy atom. The zero-order valence-electron chi connectivity index (χ0n) is 11.8. The van der Waals surface area contributed by atoms with Crippen LogP contribution in [-0.4, -0.2) is 17.9 Å². The molecule has 0 radical (unpaired) electrons. The summed E-state index contributed by atoms with van der Waals surface area (Å²) in [4.78, 5) is 11.6. The van der Waals surface area contributed by atoms with Crippen LogP contribution in [0.5, 0.6) is 0 Å². The molecular weight excluding hydrogens is 388 g/mol. The molecule has 0 spiro atoms. The topological polar surface area (TPSA) is 54.6 Å². The fraction of sp³-hybridized carbons (Fsp3) is 0.200. The Labute approximate surface area is 146 Å². The Morgan fingerprint density at radius 1 is 1.45 bits per heavy atom. The molecule has 22 heavy (non-hydrogen) atoms. The van der Waals surface area contributed by atoms with Gasteiger partial charge in [0.15, 0.2) is 0 Å². The van der Waals surface area contributed by atoms with Crippen LogP contribution < -0.4 is 5.43 Å². The molecule has 1 heterocycles. The zero-order valence-corrected chi connectivity index (χ0v) is 15.0. The van der Waals surface area contributed by atoms with Crippen LogP contribution in [0.2, 0.25) is 5.02 Å². The van der Waals surface area contributed by atoms with E-state index in [4.69, 9.17) is 16.0 Å². The van der Waals surface area contributed by atoms with Gasteiger partial charge in [0.05, 0.1) is 16.4 Å². The number of nitrogens with zero attached hydrogens (tertiary/aromatic N) is 1. The number of furan rings is 1. The molecule has 0 aliphatic heterocycles. The highest BCUT2D eigenvalue weighted by Crippen LogP contribution is 2.19. The lowest BCUT2D eigenvalue weighted by Crippen LogP contribution is -2.19. The van der Waals surface area contributed by atoms with Crippen LogP contribution in [0.15, 0.2) is 44.3 Å². The van der Waals surface area contributed by atoms with Gasteiger partial charge in [0.1, 0.15) is 11.5 Å². The summed E-state index contributed by atoms with van der Waals surface area (Å²) in [6, 6.07) is 9.36. The minimum Gasteiger partial charge on any atom is -0.459 e. The first-order chi connectivity index (χ1) is 10.5. The van der Waals surface area contributed by atoms with E-state index in [2.05, 4.69) is 26.5 Å². The normalized spacial score (nSPS) is 11.0. The van der Waals surface area contributed by atoms with E-state index < -0.39 is 0 Å². The second kappa shape index (κ2) is 8.41. The van der Waals surface area contributed by atoms with Crippen molar-refractivity contribution in [2.24, 2.45) is 5.10 Å². The molecule has 0 fully saturated rings. The highest BCUT2D eigenvalue weighted by molar-refractivity contribution is 9.10. The molecule has 1 N–H and O–H groups in total. The third kappa shape index (κ3) is 5.51. The molecule has 0 atom stereocenters. The summed E-state index contributed by atoms with van der Waals surface area (Å²) < 4.78 is 6.26. The van der Waals surface area contributed by atoms with Crippen LogP contribution in [0.1, 0.15) is 17.1 Å². The number of carbonyl (C=O) groups is 1. The minimum absolute atomic E-state index is 0.155. The van der Waals surface area contributed by atoms with Crippen LogP contribution in [0.3, 0.4) is 0 Å². The lowest BCUT2D eigenvalue weighted by atomic mass is 10.2. The monoisotopic (exact) mass is 400 g/mol. The summed E-state index contributed by atoms with van der Waals surface area (Å²) in [5, 5.41) is 4.57. The lowest BCUT2D eigenvalue weighted by molar-refractivity contribution is -0.118. The van der Waals surface area contributed by atoms with E-state index in [0.717, 1.165) is 21.5 Å². The Bertz CT molecular complexity index is 651. The van der Waals surface area contributed by atoms with Crippen molar-refractivity contribution in [2.45, 2.75) is 12.7 Å². The van der Waals surface area contributed by atoms with Crippen molar-refractivity contribution in [3.63, 3.8) is 0 Å². The van der Waals surface area contributed by atoms with Gasteiger partial charge in [-0.3, -0.25) is 4.79 Å². The van der Waals surface area contributed by atoms with Crippen LogP contribution in [0, 0.1) is 6.92 Å². The summed E-state index contributed by atoms with van der Waals surface area (Å²) in [6.07, 6.45) is 1.47. The molecule has 0 aliphatic rings. The molecule has 7 heteroatoms. The summed E-state index contributed by atoms with van der Waals surface area (Å²) >= 11 is 10.7. The first-order valence-electron chi connectivity index (χ1n) is 6.44. The van der Waals surface area contributed by atoms with E-state index in [1.54, 1.807) is 6.07 Å². The van der Waals surface area contributed by atoms with E-state index in [1.807, 2.05) is 31.2 Å². The smallest absolute Gasteiger partial charge is 0.250 e. The highest BCUT2D eigenvalue weighted by Gasteiger charge is 2.03. The number of carbonyl (C=O) groups excluding carboxylic acids is 1. The predicted molar refractivity (Wildman–Crippen MR) is 94.5 cm³/mol. The Kier molecular flexibility index (Phi) is 6.54. The van der Waals surface area contributed by atoms with Gasteiger partial charge in [-0.25, -0.2) is 5.43 Å². The SMILES string of the molecule is Cc1oc(/C=N\NC(=O)CSCc2ccc(Cl)cc2)cc1Br. The first-order valence-corrected chi connectivity index (χ1v) is 8.77. The quantitative estimate of drug-likeness (QED) is 0.577. The number of hydrogen-bond acceptors (Lipinski definition) is 4. The van der Waals surface area contributed by atoms with E-state index in [-0.39, 0.29) is 5.91 Å². The molecule has 1 aromatic heterocycles. The van der Waals surface area contributed by atoms with Gasteiger partial charge in [-0.1, -0.05) is 23.7 Å². The average molecular weight is 402 g/mol. The maximum Gasteiger partial charge on any atom is 0.250 e. The predicted octanol–water partition coefficient (Wildman–Crippen LogP) is 4.39. The maximum atomic E-state index is 11.6. The Balaban J connectivity index is 1.70. The maximum absolute atomic E-state index is 11.6. The number of halogens is 2. The number of amides is 1. The number of rotatable bonds is 6. The second-order valence-corrected chi connectivity index (χ2v) is 6.74. The molecule has 0 saturated heterocycles. The van der Waals surface area contributed by atoms with Crippen LogP contribution in [0.25, 0.3) is 0 Å². The fourth-order valence-electron chi connectivity index (χ4n) is 1.59. The number of nitrogens with one attached hydrogen (secondary N) is 1. The van der Waals surface area contributed by atoms with E-state index in [9.17, 15) is 4.79 Å². The summed E-state index contributed by atoms with van der Waals surface area (Å²) in [6.45, 7) is 1.84. The molecular formula is C15H14BrClN2O2S. The van der Waals surface area contributed by atoms with E-state index >= 15 is 0 Å². The molecule has 116 valence electrons. The van der Waals surface area contributed by atoms with Crippen LogP contribution >= 0.6 is 39.3 Å². The lowest BCUT2D eigenvalue weighted by Gasteiger charge is -2.01. The van der Waals surface area contributed by atoms with Crippen molar-refractivity contribution >= 4 is 51.4 Å².